The van der Waals surface area contributed by atoms with Crippen LogP contribution in [0.5, 0.6) is 0 Å². The highest BCUT2D eigenvalue weighted by Crippen LogP contribution is 2.34. The van der Waals surface area contributed by atoms with Crippen LogP contribution in [0.1, 0.15) is 13.8 Å². The normalized spacial score (nSPS) is 13.2. The Morgan fingerprint density at radius 2 is 1.40 bits per heavy atom. The van der Waals surface area contributed by atoms with Crippen LogP contribution in [0.2, 0.25) is 37.3 Å². The predicted octanol–water partition coefficient (Wildman–Crippen LogP) is 2.74. The van der Waals surface area contributed by atoms with Crippen molar-refractivity contribution in [3.8, 4) is 0 Å². The molecule has 0 radical (unpaired) electrons. The second kappa shape index (κ2) is 3.72. The minimum absolute atomic E-state index is 0.317. The van der Waals surface area contributed by atoms with Gasteiger partial charge in [-0.2, -0.15) is 0 Å². The highest BCUT2D eigenvalue weighted by atomic mass is 28.3. The van der Waals surface area contributed by atoms with Crippen molar-refractivity contribution in [2.45, 2.75) is 51.1 Å². The Kier molecular flexibility index (Phi) is 3.88. The fraction of sp³-hybridized carbons (Fsp3) is 1.00. The molecule has 0 saturated carbocycles. The molecule has 0 spiro atoms. The third-order valence-electron chi connectivity index (χ3n) is 2.50. The third kappa shape index (κ3) is 3.57. The van der Waals surface area contributed by atoms with Crippen LogP contribution in [-0.4, -0.2) is 17.6 Å². The Bertz CT molecular complexity index is 95.4. The second-order valence-electron chi connectivity index (χ2n) is 4.74. The lowest BCUT2D eigenvalue weighted by molar-refractivity contribution is 0.732. The molecule has 0 N–H and O–H groups in total. The SMILES string of the molecule is C[SiH](C)CC(C)(C)[SiH](C)C. The zero-order chi connectivity index (χ0) is 8.36. The molecule has 0 atom stereocenters. The number of hydrogen-bond acceptors (Lipinski definition) is 0. The van der Waals surface area contributed by atoms with Crippen molar-refractivity contribution in [2.75, 3.05) is 0 Å². The lowest BCUT2D eigenvalue weighted by Crippen LogP contribution is -2.24. The van der Waals surface area contributed by atoms with Crippen LogP contribution >= 0.6 is 0 Å². The van der Waals surface area contributed by atoms with Crippen LogP contribution in [0.4, 0.5) is 0 Å². The van der Waals surface area contributed by atoms with Crippen molar-refractivity contribution in [1.82, 2.24) is 0 Å². The van der Waals surface area contributed by atoms with Crippen molar-refractivity contribution < 1.29 is 0 Å². The quantitative estimate of drug-likeness (QED) is 0.577. The first kappa shape index (κ1) is 10.4. The molecule has 0 saturated heterocycles. The van der Waals surface area contributed by atoms with Gasteiger partial charge < -0.3 is 0 Å². The van der Waals surface area contributed by atoms with E-state index in [9.17, 15) is 0 Å². The molecule has 0 rings (SSSR count). The summed E-state index contributed by atoms with van der Waals surface area (Å²) in [5.74, 6) is 0. The second-order valence-corrected chi connectivity index (χ2v) is 11.8. The van der Waals surface area contributed by atoms with E-state index in [0.717, 1.165) is 5.04 Å². The number of rotatable bonds is 3. The Labute approximate surface area is 69.2 Å². The van der Waals surface area contributed by atoms with Crippen molar-refractivity contribution >= 4 is 17.6 Å². The van der Waals surface area contributed by atoms with E-state index in [0.29, 0.717) is 0 Å². The van der Waals surface area contributed by atoms with Crippen LogP contribution in [0.3, 0.4) is 0 Å². The fourth-order valence-electron chi connectivity index (χ4n) is 1.29. The van der Waals surface area contributed by atoms with Gasteiger partial charge >= 0.3 is 0 Å². The molecule has 0 aromatic rings. The average Bonchev–Trinajstić information content (AvgIpc) is 1.60. The lowest BCUT2D eigenvalue weighted by Gasteiger charge is -2.29. The summed E-state index contributed by atoms with van der Waals surface area (Å²) >= 11 is 0. The molecule has 0 bridgehead atoms. The molecular weight excluding hydrogens is 152 g/mol. The topological polar surface area (TPSA) is 0 Å². The summed E-state index contributed by atoms with van der Waals surface area (Å²) in [5.41, 5.74) is 0. The molecule has 0 aliphatic heterocycles. The third-order valence-corrected chi connectivity index (χ3v) is 8.20. The highest BCUT2D eigenvalue weighted by molar-refractivity contribution is 6.64. The summed E-state index contributed by atoms with van der Waals surface area (Å²) in [4.78, 5) is 0. The molecule has 0 aromatic heterocycles. The molecule has 0 heterocycles. The standard InChI is InChI=1S/C8H22Si2/c1-8(2,10(5)6)7-9(3)4/h9-10H,7H2,1-6H3. The first-order valence-electron chi connectivity index (χ1n) is 4.36. The first-order chi connectivity index (χ1) is 4.36. The van der Waals surface area contributed by atoms with E-state index < -0.39 is 8.80 Å². The Morgan fingerprint density at radius 1 is 1.00 bits per heavy atom. The van der Waals surface area contributed by atoms with Gasteiger partial charge in [0.2, 0.25) is 0 Å². The van der Waals surface area contributed by atoms with Crippen LogP contribution in [-0.2, 0) is 0 Å². The zero-order valence-electron chi connectivity index (χ0n) is 8.36. The van der Waals surface area contributed by atoms with Crippen molar-refractivity contribution in [3.63, 3.8) is 0 Å². The van der Waals surface area contributed by atoms with E-state index in [2.05, 4.69) is 40.0 Å². The maximum absolute atomic E-state index is 2.47. The lowest BCUT2D eigenvalue weighted by atomic mass is 10.2. The van der Waals surface area contributed by atoms with E-state index in [-0.39, 0.29) is 8.80 Å². The molecule has 2 heteroatoms. The summed E-state index contributed by atoms with van der Waals surface area (Å²) < 4.78 is 0. The van der Waals surface area contributed by atoms with Gasteiger partial charge in [0.1, 0.15) is 0 Å². The molecule has 62 valence electrons. The Morgan fingerprint density at radius 3 is 1.50 bits per heavy atom. The summed E-state index contributed by atoms with van der Waals surface area (Å²) in [6.45, 7) is 14.8. The van der Waals surface area contributed by atoms with Crippen molar-refractivity contribution in [2.24, 2.45) is 0 Å². The molecule has 0 unspecified atom stereocenters. The van der Waals surface area contributed by atoms with Crippen molar-refractivity contribution in [3.05, 3.63) is 0 Å². The van der Waals surface area contributed by atoms with E-state index in [4.69, 9.17) is 0 Å². The summed E-state index contributed by atoms with van der Waals surface area (Å²) in [6.07, 6.45) is 0. The average molecular weight is 174 g/mol. The van der Waals surface area contributed by atoms with E-state index in [1.807, 2.05) is 0 Å². The molecule has 0 aromatic carbocycles. The smallest absolute Gasteiger partial charge is 0.0361 e. The summed E-state index contributed by atoms with van der Waals surface area (Å²) in [7, 11) is -0.718. The Balaban J connectivity index is 3.87. The van der Waals surface area contributed by atoms with E-state index in [1.54, 1.807) is 0 Å². The van der Waals surface area contributed by atoms with Gasteiger partial charge in [0.15, 0.2) is 0 Å². The van der Waals surface area contributed by atoms with Gasteiger partial charge in [0.25, 0.3) is 0 Å². The maximum atomic E-state index is 2.47. The summed E-state index contributed by atoms with van der Waals surface area (Å²) in [6, 6.07) is 1.54. The van der Waals surface area contributed by atoms with Crippen LogP contribution in [0.15, 0.2) is 0 Å². The first-order valence-corrected chi connectivity index (χ1v) is 10.4. The molecule has 0 fully saturated rings. The van der Waals surface area contributed by atoms with Gasteiger partial charge in [-0.05, 0) is 5.04 Å². The largest absolute Gasteiger partial charge is 0.0722 e. The highest BCUT2D eigenvalue weighted by Gasteiger charge is 2.24. The van der Waals surface area contributed by atoms with Gasteiger partial charge in [-0.1, -0.05) is 46.1 Å². The van der Waals surface area contributed by atoms with E-state index in [1.165, 1.54) is 6.04 Å². The van der Waals surface area contributed by atoms with Gasteiger partial charge in [-0.15, -0.1) is 0 Å². The van der Waals surface area contributed by atoms with Crippen molar-refractivity contribution in [1.29, 1.82) is 0 Å². The van der Waals surface area contributed by atoms with E-state index >= 15 is 0 Å². The van der Waals surface area contributed by atoms with Gasteiger partial charge in [0, 0.05) is 17.6 Å². The molecule has 0 aliphatic rings. The molecule has 0 amide bonds. The molecule has 10 heavy (non-hydrogen) atoms. The van der Waals surface area contributed by atoms with Crippen LogP contribution in [0.25, 0.3) is 0 Å². The van der Waals surface area contributed by atoms with Gasteiger partial charge in [-0.3, -0.25) is 0 Å². The minimum Gasteiger partial charge on any atom is -0.0722 e. The molecule has 0 aliphatic carbocycles. The minimum atomic E-state index is -0.401. The predicted molar refractivity (Wildman–Crippen MR) is 56.6 cm³/mol. The zero-order valence-corrected chi connectivity index (χ0v) is 10.7. The fourth-order valence-corrected chi connectivity index (χ4v) is 6.69. The molecule has 0 nitrogen and oxygen atoms in total. The van der Waals surface area contributed by atoms with Crippen LogP contribution < -0.4 is 0 Å². The van der Waals surface area contributed by atoms with Crippen LogP contribution in [0, 0.1) is 0 Å². The van der Waals surface area contributed by atoms with Gasteiger partial charge in [-0.25, -0.2) is 0 Å². The molecular formula is C8H22Si2. The monoisotopic (exact) mass is 174 g/mol. The number of hydrogen-bond donors (Lipinski definition) is 0. The van der Waals surface area contributed by atoms with Gasteiger partial charge in [0.05, 0.1) is 0 Å². The summed E-state index contributed by atoms with van der Waals surface area (Å²) in [5, 5.41) is 0.723. The maximum Gasteiger partial charge on any atom is 0.0361 e. The Hall–Kier alpha value is 0.434.